The largest absolute Gasteiger partial charge is 0.411 e. The minimum absolute atomic E-state index is 0.117. The van der Waals surface area contributed by atoms with Crippen LogP contribution in [0.25, 0.3) is 0 Å². The number of nitrogens with one attached hydrogen (secondary N) is 1. The van der Waals surface area contributed by atoms with E-state index in [0.29, 0.717) is 32.1 Å². The molecular weight excluding hydrogens is 247 g/mol. The number of halogens is 3. The molecule has 3 nitrogen and oxygen atoms in total. The lowest BCUT2D eigenvalue weighted by molar-refractivity contribution is -0.174. The summed E-state index contributed by atoms with van der Waals surface area (Å²) in [6.45, 7) is 6.96. The Balaban J connectivity index is 3.55. The van der Waals surface area contributed by atoms with Crippen LogP contribution >= 0.6 is 0 Å². The molecular formula is C12H24F3NO2. The molecule has 6 heteroatoms. The number of rotatable bonds is 10. The molecule has 1 atom stereocenters. The minimum Gasteiger partial charge on any atom is -0.380 e. The molecule has 18 heavy (non-hydrogen) atoms. The Kier molecular flexibility index (Phi) is 9.40. The van der Waals surface area contributed by atoms with Gasteiger partial charge in [0.25, 0.3) is 0 Å². The number of hydrogen-bond acceptors (Lipinski definition) is 3. The lowest BCUT2D eigenvalue weighted by Crippen LogP contribution is -2.38. The highest BCUT2D eigenvalue weighted by Gasteiger charge is 2.27. The molecule has 0 spiro atoms. The zero-order valence-electron chi connectivity index (χ0n) is 11.3. The molecule has 0 fully saturated rings. The maximum absolute atomic E-state index is 11.8. The van der Waals surface area contributed by atoms with Gasteiger partial charge < -0.3 is 14.8 Å². The summed E-state index contributed by atoms with van der Waals surface area (Å²) in [7, 11) is 0. The van der Waals surface area contributed by atoms with Gasteiger partial charge in [0, 0.05) is 19.3 Å². The van der Waals surface area contributed by atoms with Gasteiger partial charge in [0.1, 0.15) is 6.61 Å². The smallest absolute Gasteiger partial charge is 0.380 e. The van der Waals surface area contributed by atoms with Gasteiger partial charge in [-0.2, -0.15) is 13.2 Å². The normalized spacial score (nSPS) is 14.2. The van der Waals surface area contributed by atoms with E-state index in [-0.39, 0.29) is 12.6 Å². The molecule has 0 amide bonds. The molecule has 0 aliphatic heterocycles. The molecule has 0 aliphatic carbocycles. The summed E-state index contributed by atoms with van der Waals surface area (Å²) in [4.78, 5) is 0. The minimum atomic E-state index is -4.23. The van der Waals surface area contributed by atoms with E-state index in [4.69, 9.17) is 4.74 Å². The predicted molar refractivity (Wildman–Crippen MR) is 64.6 cm³/mol. The van der Waals surface area contributed by atoms with Crippen LogP contribution in [-0.4, -0.2) is 45.2 Å². The van der Waals surface area contributed by atoms with Crippen molar-refractivity contribution in [3.05, 3.63) is 0 Å². The highest BCUT2D eigenvalue weighted by Crippen LogP contribution is 2.14. The number of hydrogen-bond donors (Lipinski definition) is 1. The summed E-state index contributed by atoms with van der Waals surface area (Å²) >= 11 is 0. The van der Waals surface area contributed by atoms with E-state index < -0.39 is 12.8 Å². The van der Waals surface area contributed by atoms with Crippen LogP contribution in [0.4, 0.5) is 13.2 Å². The van der Waals surface area contributed by atoms with Crippen molar-refractivity contribution in [2.24, 2.45) is 5.92 Å². The highest BCUT2D eigenvalue weighted by molar-refractivity contribution is 4.69. The highest BCUT2D eigenvalue weighted by atomic mass is 19.4. The second-order valence-corrected chi connectivity index (χ2v) is 4.49. The first-order valence-corrected chi connectivity index (χ1v) is 6.32. The van der Waals surface area contributed by atoms with Crippen molar-refractivity contribution in [1.29, 1.82) is 0 Å². The zero-order valence-corrected chi connectivity index (χ0v) is 11.3. The predicted octanol–water partition coefficient (Wildman–Crippen LogP) is 2.61. The Morgan fingerprint density at radius 1 is 1.17 bits per heavy atom. The Morgan fingerprint density at radius 3 is 2.33 bits per heavy atom. The second-order valence-electron chi connectivity index (χ2n) is 4.49. The Bertz CT molecular complexity index is 198. The van der Waals surface area contributed by atoms with Crippen molar-refractivity contribution in [2.75, 3.05) is 33.0 Å². The van der Waals surface area contributed by atoms with Gasteiger partial charge in [-0.05, 0) is 25.8 Å². The molecule has 0 rings (SSSR count). The fourth-order valence-electron chi connectivity index (χ4n) is 1.38. The summed E-state index contributed by atoms with van der Waals surface area (Å²) in [5.74, 6) is 0.424. The van der Waals surface area contributed by atoms with Crippen LogP contribution in [-0.2, 0) is 9.47 Å². The molecule has 0 saturated carbocycles. The maximum Gasteiger partial charge on any atom is 0.411 e. The van der Waals surface area contributed by atoms with E-state index in [0.717, 1.165) is 0 Å². The molecule has 0 bridgehead atoms. The second kappa shape index (κ2) is 9.58. The van der Waals surface area contributed by atoms with Gasteiger partial charge in [0.15, 0.2) is 0 Å². The lowest BCUT2D eigenvalue weighted by Gasteiger charge is -2.22. The van der Waals surface area contributed by atoms with Gasteiger partial charge in [-0.1, -0.05) is 13.8 Å². The van der Waals surface area contributed by atoms with Crippen molar-refractivity contribution in [1.82, 2.24) is 5.32 Å². The van der Waals surface area contributed by atoms with Crippen molar-refractivity contribution in [2.45, 2.75) is 39.4 Å². The van der Waals surface area contributed by atoms with Crippen molar-refractivity contribution >= 4 is 0 Å². The van der Waals surface area contributed by atoms with Crippen LogP contribution in [0.15, 0.2) is 0 Å². The maximum atomic E-state index is 11.8. The molecule has 0 saturated heterocycles. The Hall–Kier alpha value is -0.330. The lowest BCUT2D eigenvalue weighted by atomic mass is 10.1. The van der Waals surface area contributed by atoms with Crippen LogP contribution in [0.1, 0.15) is 27.2 Å². The van der Waals surface area contributed by atoms with E-state index >= 15 is 0 Å². The summed E-state index contributed by atoms with van der Waals surface area (Å²) in [5, 5.41) is 3.27. The van der Waals surface area contributed by atoms with Crippen LogP contribution < -0.4 is 5.32 Å². The summed E-state index contributed by atoms with van der Waals surface area (Å²) < 4.78 is 45.2. The topological polar surface area (TPSA) is 30.5 Å². The van der Waals surface area contributed by atoms with Crippen molar-refractivity contribution in [3.8, 4) is 0 Å². The third kappa shape index (κ3) is 10.8. The molecule has 0 aliphatic rings. The van der Waals surface area contributed by atoms with E-state index in [9.17, 15) is 13.2 Å². The number of alkyl halides is 3. The van der Waals surface area contributed by atoms with Crippen LogP contribution in [0.2, 0.25) is 0 Å². The molecule has 1 N–H and O–H groups in total. The van der Waals surface area contributed by atoms with Gasteiger partial charge in [0.05, 0.1) is 6.61 Å². The Labute approximate surface area is 107 Å². The summed E-state index contributed by atoms with van der Waals surface area (Å²) in [5.41, 5.74) is 0. The quantitative estimate of drug-likeness (QED) is 0.620. The van der Waals surface area contributed by atoms with Crippen molar-refractivity contribution < 1.29 is 22.6 Å². The number of ether oxygens (including phenoxy) is 2. The summed E-state index contributed by atoms with van der Waals surface area (Å²) in [6.07, 6.45) is -3.67. The average Bonchev–Trinajstić information content (AvgIpc) is 2.25. The van der Waals surface area contributed by atoms with Gasteiger partial charge in [0.2, 0.25) is 0 Å². The first kappa shape index (κ1) is 17.7. The fraction of sp³-hybridized carbons (Fsp3) is 1.00. The third-order valence-corrected chi connectivity index (χ3v) is 2.44. The molecule has 0 aromatic carbocycles. The van der Waals surface area contributed by atoms with Gasteiger partial charge >= 0.3 is 6.18 Å². The first-order valence-electron chi connectivity index (χ1n) is 6.32. The monoisotopic (exact) mass is 271 g/mol. The standard InChI is InChI=1S/C12H24F3NO2/c1-4-17-8-11(10(2)3)16-6-5-7-18-9-12(13,14)15/h10-11,16H,4-9H2,1-3H3. The molecule has 0 radical (unpaired) electrons. The van der Waals surface area contributed by atoms with Gasteiger partial charge in [-0.25, -0.2) is 0 Å². The van der Waals surface area contributed by atoms with E-state index in [1.807, 2.05) is 6.92 Å². The first-order chi connectivity index (χ1) is 8.37. The molecule has 0 aromatic heterocycles. The molecule has 110 valence electrons. The summed E-state index contributed by atoms with van der Waals surface area (Å²) in [6, 6.07) is 0.229. The van der Waals surface area contributed by atoms with Crippen molar-refractivity contribution in [3.63, 3.8) is 0 Å². The fourth-order valence-corrected chi connectivity index (χ4v) is 1.38. The Morgan fingerprint density at radius 2 is 1.83 bits per heavy atom. The van der Waals surface area contributed by atoms with E-state index in [1.54, 1.807) is 0 Å². The van der Waals surface area contributed by atoms with Crippen LogP contribution in [0.3, 0.4) is 0 Å². The van der Waals surface area contributed by atoms with E-state index in [2.05, 4.69) is 23.9 Å². The zero-order chi connectivity index (χ0) is 14.0. The van der Waals surface area contributed by atoms with Gasteiger partial charge in [-0.3, -0.25) is 0 Å². The van der Waals surface area contributed by atoms with Crippen LogP contribution in [0, 0.1) is 5.92 Å². The molecule has 1 unspecified atom stereocenters. The van der Waals surface area contributed by atoms with Crippen LogP contribution in [0.5, 0.6) is 0 Å². The van der Waals surface area contributed by atoms with Gasteiger partial charge in [-0.15, -0.1) is 0 Å². The molecule has 0 aromatic rings. The average molecular weight is 271 g/mol. The SMILES string of the molecule is CCOCC(NCCCOCC(F)(F)F)C(C)C. The third-order valence-electron chi connectivity index (χ3n) is 2.44. The molecule has 0 heterocycles. The van der Waals surface area contributed by atoms with E-state index in [1.165, 1.54) is 0 Å².